The molecule has 2 heterocycles. The highest BCUT2D eigenvalue weighted by molar-refractivity contribution is 7.09. The van der Waals surface area contributed by atoms with Crippen molar-refractivity contribution in [3.8, 4) is 0 Å². The van der Waals surface area contributed by atoms with Crippen molar-refractivity contribution in [1.82, 2.24) is 10.3 Å². The zero-order valence-electron chi connectivity index (χ0n) is 16.6. The van der Waals surface area contributed by atoms with Gasteiger partial charge in [-0.1, -0.05) is 31.2 Å². The lowest BCUT2D eigenvalue weighted by Gasteiger charge is -2.24. The molecule has 5 nitrogen and oxygen atoms in total. The second-order valence-corrected chi connectivity index (χ2v) is 8.65. The van der Waals surface area contributed by atoms with E-state index in [9.17, 15) is 9.59 Å². The zero-order chi connectivity index (χ0) is 20.4. The summed E-state index contributed by atoms with van der Waals surface area (Å²) in [5, 5.41) is 5.58. The number of rotatable bonds is 5. The van der Waals surface area contributed by atoms with Crippen LogP contribution >= 0.6 is 11.3 Å². The highest BCUT2D eigenvalue weighted by atomic mass is 32.1. The van der Waals surface area contributed by atoms with E-state index >= 15 is 0 Å². The fraction of sp³-hybridized carbons (Fsp3) is 0.348. The first-order valence-electron chi connectivity index (χ1n) is 9.94. The molecule has 0 unspecified atom stereocenters. The Morgan fingerprint density at radius 2 is 2.10 bits per heavy atom. The quantitative estimate of drug-likeness (QED) is 0.640. The minimum Gasteiger partial charge on any atom is -0.449 e. The normalized spacial score (nSPS) is 16.8. The lowest BCUT2D eigenvalue weighted by molar-refractivity contribution is -0.129. The topological polar surface area (TPSA) is 68.3 Å². The average molecular weight is 409 g/mol. The average Bonchev–Trinajstić information content (AvgIpc) is 3.23. The van der Waals surface area contributed by atoms with E-state index in [1.165, 1.54) is 0 Å². The SMILES string of the molecule is C[C@H]1CCc2nc3ccccc3c(C(=O)O[C@@H](C)C(=O)NCc3cccs3)c2C1. The van der Waals surface area contributed by atoms with Gasteiger partial charge in [-0.05, 0) is 55.2 Å². The molecule has 150 valence electrons. The van der Waals surface area contributed by atoms with E-state index in [0.29, 0.717) is 18.0 Å². The second-order valence-electron chi connectivity index (χ2n) is 7.62. The van der Waals surface area contributed by atoms with Crippen LogP contribution in [-0.4, -0.2) is 23.0 Å². The van der Waals surface area contributed by atoms with Crippen LogP contribution in [0.2, 0.25) is 0 Å². The maximum absolute atomic E-state index is 13.2. The van der Waals surface area contributed by atoms with Crippen molar-refractivity contribution in [2.24, 2.45) is 5.92 Å². The van der Waals surface area contributed by atoms with Gasteiger partial charge in [-0.15, -0.1) is 11.3 Å². The minimum absolute atomic E-state index is 0.299. The minimum atomic E-state index is -0.869. The molecule has 1 aliphatic carbocycles. The molecule has 29 heavy (non-hydrogen) atoms. The van der Waals surface area contributed by atoms with Gasteiger partial charge in [0.1, 0.15) is 0 Å². The number of amides is 1. The van der Waals surface area contributed by atoms with E-state index in [-0.39, 0.29) is 5.91 Å². The van der Waals surface area contributed by atoms with Crippen molar-refractivity contribution in [1.29, 1.82) is 0 Å². The summed E-state index contributed by atoms with van der Waals surface area (Å²) in [6, 6.07) is 11.5. The summed E-state index contributed by atoms with van der Waals surface area (Å²) in [5.74, 6) is -0.261. The third-order valence-corrected chi connectivity index (χ3v) is 6.26. The van der Waals surface area contributed by atoms with Gasteiger partial charge >= 0.3 is 5.97 Å². The molecule has 2 aromatic heterocycles. The Labute approximate surface area is 174 Å². The summed E-state index contributed by atoms with van der Waals surface area (Å²) in [4.78, 5) is 31.4. The number of ether oxygens (including phenoxy) is 1. The smallest absolute Gasteiger partial charge is 0.339 e. The molecule has 1 aromatic carbocycles. The number of benzene rings is 1. The lowest BCUT2D eigenvalue weighted by Crippen LogP contribution is -2.35. The van der Waals surface area contributed by atoms with E-state index in [1.54, 1.807) is 18.3 Å². The molecule has 0 fully saturated rings. The van der Waals surface area contributed by atoms with Crippen molar-refractivity contribution in [2.75, 3.05) is 0 Å². The zero-order valence-corrected chi connectivity index (χ0v) is 17.4. The molecule has 0 aliphatic heterocycles. The summed E-state index contributed by atoms with van der Waals surface area (Å²) in [6.07, 6.45) is 1.86. The molecule has 2 atom stereocenters. The molecule has 3 aromatic rings. The summed E-state index contributed by atoms with van der Waals surface area (Å²) in [5.41, 5.74) is 3.31. The number of nitrogens with zero attached hydrogens (tertiary/aromatic N) is 1. The molecule has 1 N–H and O–H groups in total. The third-order valence-electron chi connectivity index (χ3n) is 5.38. The highest BCUT2D eigenvalue weighted by Crippen LogP contribution is 2.32. The maximum Gasteiger partial charge on any atom is 0.339 e. The van der Waals surface area contributed by atoms with Crippen LogP contribution in [0.5, 0.6) is 0 Å². The maximum atomic E-state index is 13.2. The number of para-hydroxylation sites is 1. The van der Waals surface area contributed by atoms with Gasteiger partial charge in [0.2, 0.25) is 0 Å². The molecule has 1 aliphatic rings. The molecule has 0 radical (unpaired) electrons. The van der Waals surface area contributed by atoms with Crippen molar-refractivity contribution < 1.29 is 14.3 Å². The number of hydrogen-bond acceptors (Lipinski definition) is 5. The van der Waals surface area contributed by atoms with E-state index in [4.69, 9.17) is 9.72 Å². The van der Waals surface area contributed by atoms with Gasteiger partial charge in [0, 0.05) is 16.0 Å². The Bertz CT molecular complexity index is 1050. The third kappa shape index (κ3) is 4.17. The van der Waals surface area contributed by atoms with Crippen LogP contribution in [0.3, 0.4) is 0 Å². The fourth-order valence-electron chi connectivity index (χ4n) is 3.80. The van der Waals surface area contributed by atoms with Gasteiger partial charge in [-0.3, -0.25) is 9.78 Å². The molecule has 4 rings (SSSR count). The largest absolute Gasteiger partial charge is 0.449 e. The van der Waals surface area contributed by atoms with Gasteiger partial charge in [0.25, 0.3) is 5.91 Å². The van der Waals surface area contributed by atoms with Gasteiger partial charge in [-0.25, -0.2) is 4.79 Å². The van der Waals surface area contributed by atoms with Crippen LogP contribution in [0.15, 0.2) is 41.8 Å². The monoisotopic (exact) mass is 408 g/mol. The predicted octanol–water partition coefficient (Wildman–Crippen LogP) is 4.28. The van der Waals surface area contributed by atoms with E-state index in [2.05, 4.69) is 12.2 Å². The summed E-state index contributed by atoms with van der Waals surface area (Å²) < 4.78 is 5.60. The molecule has 0 bridgehead atoms. The number of pyridine rings is 1. The van der Waals surface area contributed by atoms with Crippen molar-refractivity contribution in [2.45, 2.75) is 45.8 Å². The first kappa shape index (κ1) is 19.6. The number of thiophene rings is 1. The highest BCUT2D eigenvalue weighted by Gasteiger charge is 2.28. The van der Waals surface area contributed by atoms with Crippen LogP contribution in [0.4, 0.5) is 0 Å². The Morgan fingerprint density at radius 3 is 2.90 bits per heavy atom. The van der Waals surface area contributed by atoms with Gasteiger partial charge in [-0.2, -0.15) is 0 Å². The van der Waals surface area contributed by atoms with E-state index in [1.807, 2.05) is 41.8 Å². The van der Waals surface area contributed by atoms with Crippen molar-refractivity contribution in [3.63, 3.8) is 0 Å². The summed E-state index contributed by atoms with van der Waals surface area (Å²) in [7, 11) is 0. The molecule has 0 spiro atoms. The van der Waals surface area contributed by atoms with Crippen LogP contribution < -0.4 is 5.32 Å². The number of carbonyl (C=O) groups excluding carboxylic acids is 2. The number of carbonyl (C=O) groups is 2. The second kappa shape index (κ2) is 8.33. The van der Waals surface area contributed by atoms with Gasteiger partial charge < -0.3 is 10.1 Å². The Hall–Kier alpha value is -2.73. The molecule has 0 saturated carbocycles. The fourth-order valence-corrected chi connectivity index (χ4v) is 4.44. The van der Waals surface area contributed by atoms with Crippen LogP contribution in [0.1, 0.15) is 46.8 Å². The van der Waals surface area contributed by atoms with E-state index in [0.717, 1.165) is 46.3 Å². The first-order valence-corrected chi connectivity index (χ1v) is 10.8. The Kier molecular flexibility index (Phi) is 5.62. The van der Waals surface area contributed by atoms with Gasteiger partial charge in [0.15, 0.2) is 6.10 Å². The Morgan fingerprint density at radius 1 is 1.28 bits per heavy atom. The molecule has 1 amide bonds. The van der Waals surface area contributed by atoms with Crippen LogP contribution in [0.25, 0.3) is 10.9 Å². The standard InChI is InChI=1S/C23H24N2O3S/c1-14-9-10-20-18(12-14)21(17-7-3-4-8-19(17)25-20)23(27)28-15(2)22(26)24-13-16-6-5-11-29-16/h3-8,11,14-15H,9-10,12-13H2,1-2H3,(H,24,26)/t14-,15-/m0/s1. The molecular formula is C23H24N2O3S. The van der Waals surface area contributed by atoms with Crippen LogP contribution in [-0.2, 0) is 28.9 Å². The summed E-state index contributed by atoms with van der Waals surface area (Å²) in [6.45, 7) is 4.23. The first-order chi connectivity index (χ1) is 14.0. The molecule has 6 heteroatoms. The number of hydrogen-bond donors (Lipinski definition) is 1. The predicted molar refractivity (Wildman–Crippen MR) is 114 cm³/mol. The molecule has 0 saturated heterocycles. The number of esters is 1. The Balaban J connectivity index is 1.57. The van der Waals surface area contributed by atoms with Crippen molar-refractivity contribution in [3.05, 3.63) is 63.5 Å². The van der Waals surface area contributed by atoms with Crippen molar-refractivity contribution >= 4 is 34.1 Å². The molecular weight excluding hydrogens is 384 g/mol. The number of nitrogens with one attached hydrogen (secondary N) is 1. The lowest BCUT2D eigenvalue weighted by atomic mass is 9.84. The number of aromatic nitrogens is 1. The van der Waals surface area contributed by atoms with Crippen LogP contribution in [0, 0.1) is 5.92 Å². The van der Waals surface area contributed by atoms with E-state index < -0.39 is 12.1 Å². The number of aryl methyl sites for hydroxylation is 1. The number of fused-ring (bicyclic) bond motifs is 2. The van der Waals surface area contributed by atoms with Gasteiger partial charge in [0.05, 0.1) is 17.6 Å². The summed E-state index contributed by atoms with van der Waals surface area (Å²) >= 11 is 1.58.